The molecule has 2 rings (SSSR count). The van der Waals surface area contributed by atoms with E-state index in [4.69, 9.17) is 14.9 Å². The van der Waals surface area contributed by atoms with Gasteiger partial charge in [-0.15, -0.1) is 11.8 Å². The van der Waals surface area contributed by atoms with Gasteiger partial charge in [0.15, 0.2) is 9.04 Å². The zero-order valence-corrected chi connectivity index (χ0v) is 20.9. The summed E-state index contributed by atoms with van der Waals surface area (Å²) in [6, 6.07) is 5.93. The summed E-state index contributed by atoms with van der Waals surface area (Å²) in [4.78, 5) is 36.5. The molecule has 1 aromatic carbocycles. The lowest BCUT2D eigenvalue weighted by Gasteiger charge is -2.43. The molecule has 2 N–H and O–H groups in total. The fraction of sp³-hybridized carbons (Fsp3) is 0.619. The van der Waals surface area contributed by atoms with Gasteiger partial charge in [0, 0.05) is 30.3 Å². The van der Waals surface area contributed by atoms with Gasteiger partial charge < -0.3 is 14.9 Å². The number of rotatable bonds is 12. The second-order valence-electron chi connectivity index (χ2n) is 8.23. The van der Waals surface area contributed by atoms with Gasteiger partial charge in [0.05, 0.1) is 10.7 Å². The maximum absolute atomic E-state index is 13.1. The Bertz CT molecular complexity index is 794. The Morgan fingerprint density at radius 3 is 2.59 bits per heavy atom. The molecule has 0 radical (unpaired) electrons. The molecule has 0 aliphatic carbocycles. The highest BCUT2D eigenvalue weighted by molar-refractivity contribution is 8.00. The number of thioether (sulfide) groups is 1. The number of benzene rings is 1. The molecule has 1 heterocycles. The molecule has 1 aromatic rings. The molecule has 0 spiro atoms. The summed E-state index contributed by atoms with van der Waals surface area (Å²) >= 11 is 1.39. The normalized spacial score (nSPS) is 20.5. The number of nitro benzene ring substituents is 1. The van der Waals surface area contributed by atoms with Gasteiger partial charge in [0.25, 0.3) is 5.69 Å². The van der Waals surface area contributed by atoms with Crippen LogP contribution in [0.15, 0.2) is 24.3 Å². The third-order valence-corrected chi connectivity index (χ3v) is 7.41. The van der Waals surface area contributed by atoms with Crippen molar-refractivity contribution in [2.75, 3.05) is 18.1 Å². The standard InChI is InChI=1S/C21H33N3O6SSi/c1-4-5-6-17-11-12-23(21(17,30-32(2)3)15-31-14-19(22)25)20(26)29-13-16-7-9-18(10-8-16)24(27)28/h7-10,17,32H,4-6,11-15H2,1-3H3,(H2,22,25). The van der Waals surface area contributed by atoms with Crippen LogP contribution in [0, 0.1) is 16.0 Å². The van der Waals surface area contributed by atoms with Gasteiger partial charge in [-0.3, -0.25) is 19.8 Å². The van der Waals surface area contributed by atoms with Gasteiger partial charge in [0.2, 0.25) is 5.91 Å². The van der Waals surface area contributed by atoms with E-state index in [-0.39, 0.29) is 24.0 Å². The van der Waals surface area contributed by atoms with Gasteiger partial charge in [-0.05, 0) is 43.6 Å². The van der Waals surface area contributed by atoms with Gasteiger partial charge >= 0.3 is 6.09 Å². The quantitative estimate of drug-likeness (QED) is 0.273. The summed E-state index contributed by atoms with van der Waals surface area (Å²) in [6.45, 7) is 6.79. The third kappa shape index (κ3) is 6.94. The van der Waals surface area contributed by atoms with Crippen molar-refractivity contribution in [1.82, 2.24) is 4.90 Å². The predicted molar refractivity (Wildman–Crippen MR) is 127 cm³/mol. The first kappa shape index (κ1) is 26.1. The zero-order chi connectivity index (χ0) is 23.7. The third-order valence-electron chi connectivity index (χ3n) is 5.42. The Morgan fingerprint density at radius 2 is 2.03 bits per heavy atom. The van der Waals surface area contributed by atoms with Crippen molar-refractivity contribution in [3.63, 3.8) is 0 Å². The van der Waals surface area contributed by atoms with Gasteiger partial charge in [0.1, 0.15) is 12.3 Å². The largest absolute Gasteiger partial charge is 0.444 e. The van der Waals surface area contributed by atoms with Crippen molar-refractivity contribution in [3.8, 4) is 0 Å². The van der Waals surface area contributed by atoms with E-state index in [0.717, 1.165) is 25.7 Å². The number of carbonyl (C=O) groups is 2. The highest BCUT2D eigenvalue weighted by atomic mass is 32.2. The Morgan fingerprint density at radius 1 is 1.34 bits per heavy atom. The minimum atomic E-state index is -1.55. The first-order valence-corrected chi connectivity index (χ1v) is 14.8. The minimum Gasteiger partial charge on any atom is -0.444 e. The molecule has 32 heavy (non-hydrogen) atoms. The lowest BCUT2D eigenvalue weighted by Crippen LogP contribution is -2.56. The maximum atomic E-state index is 13.1. The number of primary amides is 1. The average molecular weight is 484 g/mol. The topological polar surface area (TPSA) is 125 Å². The first-order chi connectivity index (χ1) is 15.2. The molecule has 0 aromatic heterocycles. The maximum Gasteiger partial charge on any atom is 0.412 e. The molecule has 9 nitrogen and oxygen atoms in total. The number of nitrogens with zero attached hydrogens (tertiary/aromatic N) is 2. The van der Waals surface area contributed by atoms with Crippen molar-refractivity contribution in [2.45, 2.75) is 58.0 Å². The second kappa shape index (κ2) is 12.2. The van der Waals surface area contributed by atoms with Crippen molar-refractivity contribution in [3.05, 3.63) is 39.9 Å². The van der Waals surface area contributed by atoms with Crippen molar-refractivity contribution in [1.29, 1.82) is 0 Å². The number of hydrogen-bond donors (Lipinski definition) is 1. The van der Waals surface area contributed by atoms with Crippen LogP contribution in [0.1, 0.15) is 38.2 Å². The van der Waals surface area contributed by atoms with Crippen LogP contribution in [0.25, 0.3) is 0 Å². The summed E-state index contributed by atoms with van der Waals surface area (Å²) in [5, 5.41) is 10.8. The summed E-state index contributed by atoms with van der Waals surface area (Å²) in [7, 11) is -1.55. The second-order valence-corrected chi connectivity index (χ2v) is 11.5. The summed E-state index contributed by atoms with van der Waals surface area (Å²) in [6.07, 6.45) is 3.34. The van der Waals surface area contributed by atoms with E-state index in [1.54, 1.807) is 17.0 Å². The lowest BCUT2D eigenvalue weighted by atomic mass is 9.92. The number of nitrogens with two attached hydrogens (primary N) is 1. The van der Waals surface area contributed by atoms with E-state index in [0.29, 0.717) is 17.9 Å². The van der Waals surface area contributed by atoms with Crippen LogP contribution in [0.4, 0.5) is 10.5 Å². The number of amides is 2. The fourth-order valence-electron chi connectivity index (χ4n) is 4.02. The van der Waals surface area contributed by atoms with Gasteiger partial charge in [-0.1, -0.05) is 19.8 Å². The molecule has 1 saturated heterocycles. The molecule has 0 bridgehead atoms. The van der Waals surface area contributed by atoms with E-state index in [1.807, 2.05) is 0 Å². The number of hydrogen-bond acceptors (Lipinski definition) is 7. The molecule has 2 unspecified atom stereocenters. The highest BCUT2D eigenvalue weighted by Crippen LogP contribution is 2.42. The summed E-state index contributed by atoms with van der Waals surface area (Å²) < 4.78 is 12.1. The van der Waals surface area contributed by atoms with Crippen LogP contribution in [0.2, 0.25) is 13.1 Å². The Labute approximate surface area is 194 Å². The lowest BCUT2D eigenvalue weighted by molar-refractivity contribution is -0.384. The highest BCUT2D eigenvalue weighted by Gasteiger charge is 2.52. The molecule has 178 valence electrons. The molecule has 1 aliphatic heterocycles. The van der Waals surface area contributed by atoms with Crippen LogP contribution in [-0.2, 0) is 20.6 Å². The molecule has 11 heteroatoms. The van der Waals surface area contributed by atoms with Crippen LogP contribution >= 0.6 is 11.8 Å². The van der Waals surface area contributed by atoms with E-state index < -0.39 is 31.7 Å². The SMILES string of the molecule is CCCCC1CCN(C(=O)OCc2ccc([N+](=O)[O-])cc2)C1(CSCC(N)=O)O[SiH](C)C. The Kier molecular flexibility index (Phi) is 9.98. The number of ether oxygens (including phenoxy) is 1. The number of likely N-dealkylation sites (tertiary alicyclic amines) is 1. The van der Waals surface area contributed by atoms with Crippen LogP contribution in [0.3, 0.4) is 0 Å². The van der Waals surface area contributed by atoms with Crippen LogP contribution in [0.5, 0.6) is 0 Å². The zero-order valence-electron chi connectivity index (χ0n) is 19.0. The number of nitro groups is 1. The molecule has 2 amide bonds. The van der Waals surface area contributed by atoms with Crippen molar-refractivity contribution < 1.29 is 23.7 Å². The fourth-order valence-corrected chi connectivity index (χ4v) is 6.41. The predicted octanol–water partition coefficient (Wildman–Crippen LogP) is 3.66. The molecule has 1 aliphatic rings. The molecule has 1 fully saturated rings. The van der Waals surface area contributed by atoms with Crippen molar-refractivity contribution in [2.24, 2.45) is 11.7 Å². The summed E-state index contributed by atoms with van der Waals surface area (Å²) in [5.41, 5.74) is 5.17. The summed E-state index contributed by atoms with van der Waals surface area (Å²) in [5.74, 6) is 0.381. The van der Waals surface area contributed by atoms with Crippen LogP contribution in [-0.4, -0.2) is 54.6 Å². The van der Waals surface area contributed by atoms with Crippen LogP contribution < -0.4 is 5.73 Å². The van der Waals surface area contributed by atoms with Gasteiger partial charge in [-0.2, -0.15) is 0 Å². The monoisotopic (exact) mass is 483 g/mol. The minimum absolute atomic E-state index is 0.0105. The number of non-ortho nitro benzene ring substituents is 1. The number of unbranched alkanes of at least 4 members (excludes halogenated alkanes) is 1. The average Bonchev–Trinajstić information content (AvgIpc) is 3.07. The molecular weight excluding hydrogens is 450 g/mol. The van der Waals surface area contributed by atoms with E-state index in [1.165, 1.54) is 23.9 Å². The molecular formula is C21H33N3O6SSi. The smallest absolute Gasteiger partial charge is 0.412 e. The first-order valence-electron chi connectivity index (χ1n) is 10.9. The Balaban J connectivity index is 2.18. The van der Waals surface area contributed by atoms with E-state index >= 15 is 0 Å². The van der Waals surface area contributed by atoms with Gasteiger partial charge in [-0.25, -0.2) is 4.79 Å². The van der Waals surface area contributed by atoms with E-state index in [2.05, 4.69) is 20.0 Å². The Hall–Kier alpha value is -2.11. The van der Waals surface area contributed by atoms with E-state index in [9.17, 15) is 19.7 Å². The molecule has 0 saturated carbocycles. The number of carbonyl (C=O) groups excluding carboxylic acids is 2. The molecule has 2 atom stereocenters. The van der Waals surface area contributed by atoms with Crippen molar-refractivity contribution >= 4 is 38.5 Å².